The van der Waals surface area contributed by atoms with E-state index in [0.29, 0.717) is 0 Å². The molecule has 0 spiro atoms. The molecule has 3 nitrogen and oxygen atoms in total. The standard InChI is InChI=1S/C14H27N3/c1-6-10-17-11-12(5)15-13(17)16-14(7-2,8-3)9-4/h11H,6-10H2,1-5H3,(H,15,16). The molecule has 0 aliphatic heterocycles. The number of hydrogen-bond acceptors (Lipinski definition) is 2. The van der Waals surface area contributed by atoms with Gasteiger partial charge in [0.05, 0.1) is 5.69 Å². The van der Waals surface area contributed by atoms with E-state index in [9.17, 15) is 0 Å². The first-order chi connectivity index (χ1) is 8.10. The average Bonchev–Trinajstić information content (AvgIpc) is 2.67. The molecule has 1 rings (SSSR count). The van der Waals surface area contributed by atoms with E-state index in [0.717, 1.165) is 43.9 Å². The van der Waals surface area contributed by atoms with Crippen molar-refractivity contribution < 1.29 is 0 Å². The molecule has 3 heteroatoms. The average molecular weight is 237 g/mol. The number of hydrogen-bond donors (Lipinski definition) is 1. The minimum absolute atomic E-state index is 0.198. The highest BCUT2D eigenvalue weighted by Gasteiger charge is 2.25. The first-order valence-corrected chi connectivity index (χ1v) is 6.92. The molecule has 0 fully saturated rings. The van der Waals surface area contributed by atoms with Gasteiger partial charge in [-0.05, 0) is 32.6 Å². The van der Waals surface area contributed by atoms with Gasteiger partial charge in [-0.25, -0.2) is 4.98 Å². The van der Waals surface area contributed by atoms with Gasteiger partial charge >= 0.3 is 0 Å². The predicted molar refractivity (Wildman–Crippen MR) is 74.5 cm³/mol. The molecule has 0 saturated carbocycles. The van der Waals surface area contributed by atoms with Crippen LogP contribution in [0.2, 0.25) is 0 Å². The van der Waals surface area contributed by atoms with Crippen molar-refractivity contribution in [1.82, 2.24) is 9.55 Å². The third kappa shape index (κ3) is 3.24. The Morgan fingerprint density at radius 2 is 1.76 bits per heavy atom. The molecule has 0 bridgehead atoms. The molecular formula is C14H27N3. The van der Waals surface area contributed by atoms with Crippen molar-refractivity contribution in [1.29, 1.82) is 0 Å². The Morgan fingerprint density at radius 1 is 1.18 bits per heavy atom. The van der Waals surface area contributed by atoms with Crippen molar-refractivity contribution in [3.05, 3.63) is 11.9 Å². The maximum Gasteiger partial charge on any atom is 0.203 e. The van der Waals surface area contributed by atoms with Crippen molar-refractivity contribution in [2.45, 2.75) is 72.4 Å². The van der Waals surface area contributed by atoms with Gasteiger partial charge in [0.1, 0.15) is 0 Å². The lowest BCUT2D eigenvalue weighted by molar-refractivity contribution is 0.414. The van der Waals surface area contributed by atoms with Crippen LogP contribution in [0, 0.1) is 6.92 Å². The number of rotatable bonds is 7. The summed E-state index contributed by atoms with van der Waals surface area (Å²) in [5, 5.41) is 3.67. The van der Waals surface area contributed by atoms with E-state index in [4.69, 9.17) is 0 Å². The summed E-state index contributed by atoms with van der Waals surface area (Å²) in [6.45, 7) is 12.0. The predicted octanol–water partition coefficient (Wildman–Crippen LogP) is 3.98. The molecule has 1 aromatic rings. The molecule has 1 aromatic heterocycles. The Bertz CT molecular complexity index is 329. The van der Waals surface area contributed by atoms with Crippen LogP contribution in [0.15, 0.2) is 6.20 Å². The lowest BCUT2D eigenvalue weighted by Gasteiger charge is -2.32. The summed E-state index contributed by atoms with van der Waals surface area (Å²) in [5.41, 5.74) is 1.29. The number of nitrogens with one attached hydrogen (secondary N) is 1. The van der Waals surface area contributed by atoms with Crippen LogP contribution in [0.4, 0.5) is 5.95 Å². The molecule has 0 radical (unpaired) electrons. The van der Waals surface area contributed by atoms with Crippen LogP contribution in [-0.2, 0) is 6.54 Å². The lowest BCUT2D eigenvalue weighted by atomic mass is 9.90. The normalized spacial score (nSPS) is 11.8. The first-order valence-electron chi connectivity index (χ1n) is 6.92. The molecule has 1 N–H and O–H groups in total. The minimum Gasteiger partial charge on any atom is -0.350 e. The topological polar surface area (TPSA) is 29.9 Å². The highest BCUT2D eigenvalue weighted by atomic mass is 15.2. The Kier molecular flexibility index (Phi) is 5.03. The number of imidazole rings is 1. The zero-order chi connectivity index (χ0) is 12.9. The van der Waals surface area contributed by atoms with E-state index in [1.54, 1.807) is 0 Å². The quantitative estimate of drug-likeness (QED) is 0.777. The van der Waals surface area contributed by atoms with Crippen molar-refractivity contribution in [3.63, 3.8) is 0 Å². The molecule has 0 saturated heterocycles. The molecule has 98 valence electrons. The van der Waals surface area contributed by atoms with Crippen LogP contribution in [0.25, 0.3) is 0 Å². The van der Waals surface area contributed by atoms with Gasteiger partial charge < -0.3 is 9.88 Å². The van der Waals surface area contributed by atoms with Crippen molar-refractivity contribution in [2.24, 2.45) is 0 Å². The molecule has 17 heavy (non-hydrogen) atoms. The minimum atomic E-state index is 0.198. The van der Waals surface area contributed by atoms with Gasteiger partial charge in [0.15, 0.2) is 0 Å². The highest BCUT2D eigenvalue weighted by Crippen LogP contribution is 2.25. The molecule has 0 aromatic carbocycles. The maximum absolute atomic E-state index is 4.61. The summed E-state index contributed by atoms with van der Waals surface area (Å²) < 4.78 is 2.24. The van der Waals surface area contributed by atoms with Crippen LogP contribution >= 0.6 is 0 Å². The second-order valence-electron chi connectivity index (χ2n) is 4.87. The fourth-order valence-electron chi connectivity index (χ4n) is 2.31. The zero-order valence-electron chi connectivity index (χ0n) is 12.0. The second kappa shape index (κ2) is 6.08. The Morgan fingerprint density at radius 3 is 2.24 bits per heavy atom. The monoisotopic (exact) mass is 237 g/mol. The molecule has 0 aliphatic carbocycles. The number of aryl methyl sites for hydroxylation is 2. The summed E-state index contributed by atoms with van der Waals surface area (Å²) in [4.78, 5) is 4.61. The summed E-state index contributed by atoms with van der Waals surface area (Å²) >= 11 is 0. The Labute approximate surface area is 106 Å². The van der Waals surface area contributed by atoms with Crippen molar-refractivity contribution in [3.8, 4) is 0 Å². The van der Waals surface area contributed by atoms with Gasteiger partial charge in [0.25, 0.3) is 0 Å². The van der Waals surface area contributed by atoms with E-state index >= 15 is 0 Å². The van der Waals surface area contributed by atoms with E-state index in [1.165, 1.54) is 0 Å². The van der Waals surface area contributed by atoms with Gasteiger partial charge in [-0.15, -0.1) is 0 Å². The molecule has 0 amide bonds. The first kappa shape index (κ1) is 14.1. The smallest absolute Gasteiger partial charge is 0.203 e. The SMILES string of the molecule is CCCn1cc(C)nc1NC(CC)(CC)CC. The van der Waals surface area contributed by atoms with E-state index in [-0.39, 0.29) is 5.54 Å². The van der Waals surface area contributed by atoms with Crippen LogP contribution in [0.3, 0.4) is 0 Å². The fraction of sp³-hybridized carbons (Fsp3) is 0.786. The molecule has 0 aliphatic rings. The summed E-state index contributed by atoms with van der Waals surface area (Å²) in [5.74, 6) is 1.04. The Hall–Kier alpha value is -0.990. The third-order valence-corrected chi connectivity index (χ3v) is 3.77. The van der Waals surface area contributed by atoms with Gasteiger partial charge in [-0.1, -0.05) is 27.7 Å². The highest BCUT2D eigenvalue weighted by molar-refractivity contribution is 5.33. The number of anilines is 1. The largest absolute Gasteiger partial charge is 0.350 e. The third-order valence-electron chi connectivity index (χ3n) is 3.77. The summed E-state index contributed by atoms with van der Waals surface area (Å²) in [6, 6.07) is 0. The van der Waals surface area contributed by atoms with E-state index < -0.39 is 0 Å². The van der Waals surface area contributed by atoms with Crippen LogP contribution in [0.5, 0.6) is 0 Å². The van der Waals surface area contributed by atoms with Gasteiger partial charge in [0, 0.05) is 18.3 Å². The number of aromatic nitrogens is 2. The van der Waals surface area contributed by atoms with Gasteiger partial charge in [-0.2, -0.15) is 0 Å². The molecule has 1 heterocycles. The second-order valence-corrected chi connectivity index (χ2v) is 4.87. The van der Waals surface area contributed by atoms with Gasteiger partial charge in [-0.3, -0.25) is 0 Å². The maximum atomic E-state index is 4.61. The summed E-state index contributed by atoms with van der Waals surface area (Å²) in [7, 11) is 0. The van der Waals surface area contributed by atoms with Crippen LogP contribution < -0.4 is 5.32 Å². The number of nitrogens with zero attached hydrogens (tertiary/aromatic N) is 2. The van der Waals surface area contributed by atoms with E-state index in [1.807, 2.05) is 0 Å². The lowest BCUT2D eigenvalue weighted by Crippen LogP contribution is -2.37. The van der Waals surface area contributed by atoms with Crippen LogP contribution in [-0.4, -0.2) is 15.1 Å². The van der Waals surface area contributed by atoms with Gasteiger partial charge in [0.2, 0.25) is 5.95 Å². The summed E-state index contributed by atoms with van der Waals surface area (Å²) in [6.07, 6.45) is 6.69. The van der Waals surface area contributed by atoms with Crippen LogP contribution in [0.1, 0.15) is 59.1 Å². The zero-order valence-corrected chi connectivity index (χ0v) is 12.0. The van der Waals surface area contributed by atoms with Crippen molar-refractivity contribution in [2.75, 3.05) is 5.32 Å². The fourth-order valence-corrected chi connectivity index (χ4v) is 2.31. The van der Waals surface area contributed by atoms with E-state index in [2.05, 4.69) is 55.7 Å². The molecular weight excluding hydrogens is 210 g/mol. The molecule has 0 unspecified atom stereocenters. The van der Waals surface area contributed by atoms with Crippen molar-refractivity contribution >= 4 is 5.95 Å². The molecule has 0 atom stereocenters. The Balaban J connectivity index is 2.92.